The van der Waals surface area contributed by atoms with Gasteiger partial charge in [-0.25, -0.2) is 27.4 Å². The molecule has 0 bridgehead atoms. The van der Waals surface area contributed by atoms with E-state index in [0.717, 1.165) is 10.9 Å². The molecule has 40 heavy (non-hydrogen) atoms. The molecular weight excluding hydrogens is 665 g/mol. The van der Waals surface area contributed by atoms with Crippen LogP contribution in [0.5, 0.6) is 0 Å². The maximum absolute atomic E-state index is 12.1. The summed E-state index contributed by atoms with van der Waals surface area (Å²) in [7, 11) is -28.9. The molecule has 3 rings (SSSR count). The number of ether oxygens (including phenoxy) is 1. The molecular formula is C10H19N5O20P5+. The summed E-state index contributed by atoms with van der Waals surface area (Å²) in [6.07, 6.45) is -7.16. The molecule has 2 aromatic rings. The highest BCUT2D eigenvalue weighted by Crippen LogP contribution is 2.66. The van der Waals surface area contributed by atoms with E-state index in [1.165, 1.54) is 0 Å². The molecule has 0 amide bonds. The fraction of sp³-hybridized carbons (Fsp3) is 0.500. The van der Waals surface area contributed by atoms with Crippen molar-refractivity contribution in [2.24, 2.45) is 0 Å². The summed E-state index contributed by atoms with van der Waals surface area (Å²) in [5.41, 5.74) is 4.19. The predicted molar refractivity (Wildman–Crippen MR) is 119 cm³/mol. The first-order chi connectivity index (χ1) is 18.0. The van der Waals surface area contributed by atoms with Gasteiger partial charge in [-0.15, -0.1) is 0 Å². The number of rotatable bonds is 12. The van der Waals surface area contributed by atoms with Crippen molar-refractivity contribution >= 4 is 56.2 Å². The Kier molecular flexibility index (Phi) is 9.51. The zero-order chi connectivity index (χ0) is 30.5. The molecule has 0 saturated carbocycles. The standard InChI is InChI=1S/C10H18N5O20P5/c11-10-13-7-4(8(17)14-10)12-2-15(7)9-5(16)6(32-39(26,27)33-36(18,19)20)3(31-9)1-30-38(24,25)35-40(28,29)34-37(21,22)23/h2-3,5-6,9,16H,1H2,(H10,11,13,14,17,18,19,20,21,22,23,24,25,26,27,28,29)/p+1/t3-,5-,6-,9-/m1/s1. The number of phosphoric ester groups is 2. The number of nitrogens with two attached hydrogens (primary N) is 1. The molecule has 0 aliphatic carbocycles. The Labute approximate surface area is 218 Å². The number of nitrogens with one attached hydrogen (secondary N) is 2. The number of hydrogen-bond acceptors (Lipinski definition) is 15. The van der Waals surface area contributed by atoms with Gasteiger partial charge in [0.1, 0.15) is 18.3 Å². The first-order valence-electron chi connectivity index (χ1n) is 9.65. The molecule has 7 atom stereocenters. The van der Waals surface area contributed by atoms with Crippen molar-refractivity contribution in [3.63, 3.8) is 0 Å². The Bertz CT molecular complexity index is 1560. The zero-order valence-corrected chi connectivity index (χ0v) is 23.3. The lowest BCUT2D eigenvalue weighted by molar-refractivity contribution is -0.745. The molecule has 228 valence electrons. The van der Waals surface area contributed by atoms with Gasteiger partial charge in [0.05, 0.1) is 6.61 Å². The molecule has 0 spiro atoms. The highest BCUT2D eigenvalue weighted by Gasteiger charge is 2.53. The minimum atomic E-state index is -5.94. The van der Waals surface area contributed by atoms with Crippen LogP contribution in [0.3, 0.4) is 0 Å². The van der Waals surface area contributed by atoms with Gasteiger partial charge < -0.3 is 49.8 Å². The van der Waals surface area contributed by atoms with E-state index < -0.39 is 81.8 Å². The second-order valence-corrected chi connectivity index (χ2v) is 14.6. The highest BCUT2D eigenvalue weighted by molar-refractivity contribution is 7.66. The molecule has 12 N–H and O–H groups in total. The van der Waals surface area contributed by atoms with Crippen LogP contribution < -0.4 is 15.9 Å². The summed E-state index contributed by atoms with van der Waals surface area (Å²) in [4.78, 5) is 84.0. The number of H-pyrrole nitrogens is 2. The number of fused-ring (bicyclic) bond motifs is 1. The first kappa shape index (κ1) is 33.2. The summed E-state index contributed by atoms with van der Waals surface area (Å²) in [5.74, 6) is -0.412. The van der Waals surface area contributed by atoms with Crippen molar-refractivity contribution in [2.45, 2.75) is 24.5 Å². The number of anilines is 1. The third-order valence-corrected chi connectivity index (χ3v) is 10.4. The van der Waals surface area contributed by atoms with Gasteiger partial charge in [-0.1, -0.05) is 4.98 Å². The largest absolute Gasteiger partial charge is 0.490 e. The Morgan fingerprint density at radius 1 is 0.950 bits per heavy atom. The van der Waals surface area contributed by atoms with E-state index in [9.17, 15) is 47.4 Å². The summed E-state index contributed by atoms with van der Waals surface area (Å²) in [5, 5.41) is 10.8. The Balaban J connectivity index is 1.91. The van der Waals surface area contributed by atoms with E-state index in [-0.39, 0.29) is 11.2 Å². The molecule has 1 aliphatic rings. The van der Waals surface area contributed by atoms with E-state index >= 15 is 0 Å². The number of phosphoric acid groups is 5. The Hall–Kier alpha value is -1.26. The Morgan fingerprint density at radius 2 is 1.52 bits per heavy atom. The summed E-state index contributed by atoms with van der Waals surface area (Å²) in [6.45, 7) is -1.36. The average molecular weight is 684 g/mol. The van der Waals surface area contributed by atoms with Crippen LogP contribution in [0.15, 0.2) is 11.1 Å². The van der Waals surface area contributed by atoms with Crippen LogP contribution >= 0.6 is 39.1 Å². The summed E-state index contributed by atoms with van der Waals surface area (Å²) >= 11 is 0. The van der Waals surface area contributed by atoms with E-state index in [2.05, 4.69) is 36.9 Å². The van der Waals surface area contributed by atoms with Crippen LogP contribution in [0.1, 0.15) is 6.23 Å². The summed E-state index contributed by atoms with van der Waals surface area (Å²) < 4.78 is 83.4. The Morgan fingerprint density at radius 3 is 2.10 bits per heavy atom. The number of nitrogens with zero attached hydrogens (tertiary/aromatic N) is 2. The molecule has 30 heteroatoms. The smallest absolute Gasteiger partial charge is 0.384 e. The fourth-order valence-corrected chi connectivity index (χ4v) is 8.00. The van der Waals surface area contributed by atoms with Crippen molar-refractivity contribution in [3.8, 4) is 0 Å². The number of aromatic nitrogens is 4. The molecule has 1 saturated heterocycles. The van der Waals surface area contributed by atoms with Gasteiger partial charge in [-0.2, -0.15) is 12.9 Å². The van der Waals surface area contributed by atoms with Gasteiger partial charge >= 0.3 is 44.8 Å². The first-order valence-corrected chi connectivity index (χ1v) is 17.2. The monoisotopic (exact) mass is 684 g/mol. The lowest BCUT2D eigenvalue weighted by atomic mass is 10.1. The van der Waals surface area contributed by atoms with Crippen LogP contribution in [-0.4, -0.2) is 79.2 Å². The summed E-state index contributed by atoms with van der Waals surface area (Å²) in [6, 6.07) is 0. The van der Waals surface area contributed by atoms with Gasteiger partial charge in [0, 0.05) is 0 Å². The minimum absolute atomic E-state index is 0.225. The molecule has 3 heterocycles. The van der Waals surface area contributed by atoms with Gasteiger partial charge in [0.15, 0.2) is 6.33 Å². The van der Waals surface area contributed by atoms with Gasteiger partial charge in [0.2, 0.25) is 11.7 Å². The van der Waals surface area contributed by atoms with Crippen LogP contribution in [0, 0.1) is 0 Å². The third-order valence-electron chi connectivity index (χ3n) is 4.38. The van der Waals surface area contributed by atoms with Crippen LogP contribution in [0.25, 0.3) is 11.2 Å². The number of imidazole rings is 1. The topological polar surface area (TPSA) is 394 Å². The van der Waals surface area contributed by atoms with E-state index in [1.807, 2.05) is 0 Å². The quantitative estimate of drug-likeness (QED) is 0.0801. The lowest BCUT2D eigenvalue weighted by Crippen LogP contribution is -2.46. The number of aliphatic hydroxyl groups excluding tert-OH is 1. The van der Waals surface area contributed by atoms with Crippen molar-refractivity contribution < 1.29 is 93.5 Å². The van der Waals surface area contributed by atoms with E-state index in [0.29, 0.717) is 0 Å². The molecule has 25 nitrogen and oxygen atoms in total. The van der Waals surface area contributed by atoms with Crippen molar-refractivity contribution in [1.29, 1.82) is 0 Å². The minimum Gasteiger partial charge on any atom is -0.384 e. The molecule has 3 unspecified atom stereocenters. The molecule has 1 fully saturated rings. The maximum Gasteiger partial charge on any atom is 0.490 e. The number of hydrogen-bond donors (Lipinski definition) is 11. The molecule has 0 aromatic carbocycles. The zero-order valence-electron chi connectivity index (χ0n) is 18.8. The number of aromatic amines is 2. The van der Waals surface area contributed by atoms with Gasteiger partial charge in [-0.3, -0.25) is 23.8 Å². The van der Waals surface area contributed by atoms with E-state index in [1.54, 1.807) is 0 Å². The van der Waals surface area contributed by atoms with Crippen molar-refractivity contribution in [1.82, 2.24) is 15.0 Å². The van der Waals surface area contributed by atoms with E-state index in [4.69, 9.17) is 30.0 Å². The average Bonchev–Trinajstić information content (AvgIpc) is 3.23. The van der Waals surface area contributed by atoms with Crippen LogP contribution in [0.2, 0.25) is 0 Å². The van der Waals surface area contributed by atoms with Gasteiger partial charge in [0.25, 0.3) is 11.5 Å². The SMILES string of the molecule is Nc1nc2c([nH]c[n+]2[C@@H]2O[C@H](COP(=O)(O)OP(=O)(O)OP(=O)(O)O)[C@@H](OP(=O)(O)OP(=O)(O)O)[C@H]2O)c(=O)[nH]1. The number of aliphatic hydroxyl groups is 1. The van der Waals surface area contributed by atoms with Crippen molar-refractivity contribution in [2.75, 3.05) is 12.3 Å². The van der Waals surface area contributed by atoms with Gasteiger partial charge in [-0.05, 0) is 0 Å². The highest BCUT2D eigenvalue weighted by atomic mass is 31.3. The maximum atomic E-state index is 12.1. The van der Waals surface area contributed by atoms with Crippen LogP contribution in [0.4, 0.5) is 5.95 Å². The second kappa shape index (κ2) is 11.4. The predicted octanol–water partition coefficient (Wildman–Crippen LogP) is -2.68. The van der Waals surface area contributed by atoms with Crippen LogP contribution in [-0.2, 0) is 49.5 Å². The second-order valence-electron chi connectivity index (χ2n) is 7.38. The molecule has 2 aromatic heterocycles. The third kappa shape index (κ3) is 8.87. The lowest BCUT2D eigenvalue weighted by Gasteiger charge is -2.23. The fourth-order valence-electron chi connectivity index (χ4n) is 3.18. The normalized spacial score (nSPS) is 26.8. The molecule has 0 radical (unpaired) electrons. The molecule has 1 aliphatic heterocycles. The van der Waals surface area contributed by atoms with Crippen molar-refractivity contribution in [3.05, 3.63) is 16.7 Å². The number of nitrogen functional groups attached to an aromatic ring is 1.